The molecule has 0 saturated carbocycles. The predicted molar refractivity (Wildman–Crippen MR) is 117 cm³/mol. The molecule has 0 atom stereocenters. The summed E-state index contributed by atoms with van der Waals surface area (Å²) in [6.45, 7) is 0.461. The van der Waals surface area contributed by atoms with Crippen LogP contribution in [0.5, 0.6) is 5.75 Å². The molecule has 0 radical (unpaired) electrons. The molecule has 2 heterocycles. The third-order valence-corrected chi connectivity index (χ3v) is 4.84. The van der Waals surface area contributed by atoms with Gasteiger partial charge in [0, 0.05) is 23.8 Å². The zero-order valence-corrected chi connectivity index (χ0v) is 16.5. The highest BCUT2D eigenvalue weighted by atomic mass is 35.5. The molecule has 30 heavy (non-hydrogen) atoms. The number of hydrogen-bond donors (Lipinski definition) is 4. The smallest absolute Gasteiger partial charge is 0.170 e. The lowest BCUT2D eigenvalue weighted by Crippen LogP contribution is -2.06. The van der Waals surface area contributed by atoms with Crippen LogP contribution in [0.2, 0.25) is 5.02 Å². The Hall–Kier alpha value is -3.42. The monoisotopic (exact) mass is 424 g/mol. The minimum Gasteiger partial charge on any atom is -0.504 e. The van der Waals surface area contributed by atoms with Gasteiger partial charge in [-0.05, 0) is 53.6 Å². The molecule has 4 N–H and O–H groups in total. The molecule has 0 aliphatic heterocycles. The molecule has 2 aromatic carbocycles. The van der Waals surface area contributed by atoms with Gasteiger partial charge in [0.05, 0.1) is 29.0 Å². The molecule has 8 heteroatoms. The van der Waals surface area contributed by atoms with E-state index in [1.165, 1.54) is 12.1 Å². The Morgan fingerprint density at radius 2 is 1.87 bits per heavy atom. The summed E-state index contributed by atoms with van der Waals surface area (Å²) in [4.78, 5) is 8.69. The zero-order chi connectivity index (χ0) is 21.1. The number of fused-ring (bicyclic) bond motifs is 1. The summed E-state index contributed by atoms with van der Waals surface area (Å²) in [6.07, 6.45) is 3.39. The normalized spacial score (nSPS) is 10.9. The van der Waals surface area contributed by atoms with Crippen molar-refractivity contribution in [2.24, 2.45) is 0 Å². The molecular formula is C22H18ClFN4O2. The van der Waals surface area contributed by atoms with Crippen LogP contribution in [0.15, 0.2) is 60.9 Å². The number of aliphatic hydroxyl groups is 1. The fourth-order valence-corrected chi connectivity index (χ4v) is 3.29. The maximum absolute atomic E-state index is 13.9. The number of rotatable bonds is 6. The van der Waals surface area contributed by atoms with E-state index < -0.39 is 11.6 Å². The number of halogens is 2. The van der Waals surface area contributed by atoms with E-state index in [4.69, 9.17) is 16.7 Å². The van der Waals surface area contributed by atoms with Gasteiger partial charge in [0.1, 0.15) is 5.82 Å². The van der Waals surface area contributed by atoms with Gasteiger partial charge in [-0.1, -0.05) is 17.7 Å². The third-order valence-electron chi connectivity index (χ3n) is 4.55. The maximum Gasteiger partial charge on any atom is 0.170 e. The average molecular weight is 425 g/mol. The van der Waals surface area contributed by atoms with Crippen LogP contribution in [0.25, 0.3) is 22.0 Å². The highest BCUT2D eigenvalue weighted by Crippen LogP contribution is 2.35. The molecule has 0 aliphatic carbocycles. The Bertz CT molecular complexity index is 1180. The minimum atomic E-state index is -0.775. The van der Waals surface area contributed by atoms with Crippen molar-refractivity contribution in [2.75, 3.05) is 23.8 Å². The van der Waals surface area contributed by atoms with Crippen LogP contribution in [-0.4, -0.2) is 33.3 Å². The second kappa shape index (κ2) is 8.52. The quantitative estimate of drug-likeness (QED) is 0.350. The summed E-state index contributed by atoms with van der Waals surface area (Å²) in [5, 5.41) is 25.6. The lowest BCUT2D eigenvalue weighted by atomic mass is 10.0. The van der Waals surface area contributed by atoms with Gasteiger partial charge in [-0.2, -0.15) is 0 Å². The fourth-order valence-electron chi connectivity index (χ4n) is 3.08. The van der Waals surface area contributed by atoms with Crippen molar-refractivity contribution in [3.8, 4) is 16.9 Å². The van der Waals surface area contributed by atoms with Crippen LogP contribution in [-0.2, 0) is 0 Å². The predicted octanol–water partition coefficient (Wildman–Crippen LogP) is 4.94. The zero-order valence-electron chi connectivity index (χ0n) is 15.7. The summed E-state index contributed by atoms with van der Waals surface area (Å²) in [5.74, 6) is -0.666. The average Bonchev–Trinajstić information content (AvgIpc) is 2.76. The lowest BCUT2D eigenvalue weighted by Gasteiger charge is -2.12. The molecule has 0 aliphatic rings. The Kier molecular flexibility index (Phi) is 5.65. The third kappa shape index (κ3) is 4.12. The Morgan fingerprint density at radius 3 is 2.60 bits per heavy atom. The Labute approximate surface area is 177 Å². The molecule has 4 aromatic rings. The molecule has 0 saturated heterocycles. The first kappa shape index (κ1) is 19.9. The Balaban J connectivity index is 1.68. The summed E-state index contributed by atoms with van der Waals surface area (Å²) in [7, 11) is 0. The number of benzene rings is 2. The molecule has 152 valence electrons. The first-order valence-corrected chi connectivity index (χ1v) is 9.58. The van der Waals surface area contributed by atoms with Crippen molar-refractivity contribution in [3.63, 3.8) is 0 Å². The van der Waals surface area contributed by atoms with E-state index in [0.29, 0.717) is 17.9 Å². The van der Waals surface area contributed by atoms with Crippen LogP contribution < -0.4 is 10.6 Å². The number of hydrogen-bond acceptors (Lipinski definition) is 6. The Morgan fingerprint density at radius 1 is 1.00 bits per heavy atom. The number of phenolic OH excluding ortho intramolecular Hbond substituents is 1. The van der Waals surface area contributed by atoms with Crippen LogP contribution in [0.4, 0.5) is 21.6 Å². The molecular weight excluding hydrogens is 407 g/mol. The molecule has 2 aromatic heterocycles. The minimum absolute atomic E-state index is 0.0309. The number of aliphatic hydroxyl groups excluding tert-OH is 1. The van der Waals surface area contributed by atoms with Crippen LogP contribution in [0.3, 0.4) is 0 Å². The van der Waals surface area contributed by atoms with Crippen molar-refractivity contribution in [1.29, 1.82) is 0 Å². The first-order chi connectivity index (χ1) is 14.5. The van der Waals surface area contributed by atoms with E-state index in [2.05, 4.69) is 20.6 Å². The summed E-state index contributed by atoms with van der Waals surface area (Å²) in [5.41, 5.74) is 3.64. The van der Waals surface area contributed by atoms with Gasteiger partial charge in [-0.3, -0.25) is 4.98 Å². The number of nitrogens with zero attached hydrogens (tertiary/aromatic N) is 2. The number of anilines is 3. The van der Waals surface area contributed by atoms with Crippen molar-refractivity contribution in [2.45, 2.75) is 0 Å². The second-order valence-electron chi connectivity index (χ2n) is 6.59. The molecule has 0 spiro atoms. The summed E-state index contributed by atoms with van der Waals surface area (Å²) >= 11 is 5.93. The maximum atomic E-state index is 13.9. The topological polar surface area (TPSA) is 90.3 Å². The number of aromatic hydroxyl groups is 1. The first-order valence-electron chi connectivity index (χ1n) is 9.20. The highest BCUT2D eigenvalue weighted by Gasteiger charge is 2.11. The van der Waals surface area contributed by atoms with E-state index in [0.717, 1.165) is 27.8 Å². The van der Waals surface area contributed by atoms with Gasteiger partial charge in [0.25, 0.3) is 0 Å². The van der Waals surface area contributed by atoms with E-state index in [1.807, 2.05) is 36.4 Å². The van der Waals surface area contributed by atoms with E-state index in [9.17, 15) is 9.50 Å². The molecule has 0 fully saturated rings. The van der Waals surface area contributed by atoms with Crippen molar-refractivity contribution in [1.82, 2.24) is 9.97 Å². The molecule has 6 nitrogen and oxygen atoms in total. The number of nitrogens with one attached hydrogen (secondary N) is 2. The van der Waals surface area contributed by atoms with Crippen molar-refractivity contribution >= 4 is 39.7 Å². The number of aromatic nitrogens is 2. The molecule has 0 bridgehead atoms. The number of pyridine rings is 2. The van der Waals surface area contributed by atoms with E-state index in [1.54, 1.807) is 12.4 Å². The molecule has 4 rings (SSSR count). The van der Waals surface area contributed by atoms with Gasteiger partial charge in [0.15, 0.2) is 11.6 Å². The second-order valence-corrected chi connectivity index (χ2v) is 6.99. The SMILES string of the molecule is OCCNc1ccc(Nc2ccnc3ccc(-c4cc(F)c(O)c(Cl)c4)cc23)cn1. The summed E-state index contributed by atoms with van der Waals surface area (Å²) in [6, 6.07) is 13.8. The van der Waals surface area contributed by atoms with Crippen molar-refractivity contribution < 1.29 is 14.6 Å². The van der Waals surface area contributed by atoms with Gasteiger partial charge in [0.2, 0.25) is 0 Å². The van der Waals surface area contributed by atoms with Gasteiger partial charge in [-0.15, -0.1) is 0 Å². The van der Waals surface area contributed by atoms with Crippen LogP contribution in [0, 0.1) is 5.82 Å². The van der Waals surface area contributed by atoms with Gasteiger partial charge >= 0.3 is 0 Å². The summed E-state index contributed by atoms with van der Waals surface area (Å²) < 4.78 is 13.9. The fraction of sp³-hybridized carbons (Fsp3) is 0.0909. The van der Waals surface area contributed by atoms with Gasteiger partial charge < -0.3 is 20.8 Å². The van der Waals surface area contributed by atoms with E-state index >= 15 is 0 Å². The van der Waals surface area contributed by atoms with Crippen LogP contribution >= 0.6 is 11.6 Å². The van der Waals surface area contributed by atoms with Crippen LogP contribution in [0.1, 0.15) is 0 Å². The van der Waals surface area contributed by atoms with Crippen molar-refractivity contribution in [3.05, 3.63) is 71.8 Å². The highest BCUT2D eigenvalue weighted by molar-refractivity contribution is 6.32. The largest absolute Gasteiger partial charge is 0.504 e. The number of phenols is 1. The van der Waals surface area contributed by atoms with E-state index in [-0.39, 0.29) is 11.6 Å². The van der Waals surface area contributed by atoms with Gasteiger partial charge in [-0.25, -0.2) is 9.37 Å². The standard InChI is InChI=1S/C22H18ClFN4O2/c23-17-10-14(11-18(24)22(17)30)13-1-3-19-16(9-13)20(5-6-25-19)28-15-2-4-21(27-12-15)26-7-8-29/h1-6,9-12,29-30H,7-8H2,(H,25,28)(H,26,27). The molecule has 0 unspecified atom stereocenters. The lowest BCUT2D eigenvalue weighted by molar-refractivity contribution is 0.311. The molecule has 0 amide bonds.